The molecule has 0 saturated heterocycles. The molecule has 2 aromatic carbocycles. The zero-order valence-electron chi connectivity index (χ0n) is 13.7. The molecular formula is C19H19Cl3N2O. The number of anilines is 1. The predicted molar refractivity (Wildman–Crippen MR) is 109 cm³/mol. The van der Waals surface area contributed by atoms with E-state index in [9.17, 15) is 4.79 Å². The van der Waals surface area contributed by atoms with Gasteiger partial charge in [-0.25, -0.2) is 0 Å². The average Bonchev–Trinajstić information content (AvgIpc) is 2.66. The average molecular weight is 398 g/mol. The summed E-state index contributed by atoms with van der Waals surface area (Å²) in [6.07, 6.45) is 1.79. The Balaban J connectivity index is 2.04. The Kier molecular flexibility index (Phi) is 8.26. The molecule has 0 atom stereocenters. The fourth-order valence-corrected chi connectivity index (χ4v) is 2.87. The van der Waals surface area contributed by atoms with Crippen LogP contribution in [0, 0.1) is 0 Å². The number of hydrogen-bond donors (Lipinski definition) is 0. The van der Waals surface area contributed by atoms with E-state index in [0.717, 1.165) is 30.0 Å². The summed E-state index contributed by atoms with van der Waals surface area (Å²) in [7, 11) is 0. The van der Waals surface area contributed by atoms with Gasteiger partial charge < -0.3 is 4.90 Å². The van der Waals surface area contributed by atoms with E-state index in [1.807, 2.05) is 24.3 Å². The van der Waals surface area contributed by atoms with Gasteiger partial charge in [-0.2, -0.15) is 0 Å². The second kappa shape index (κ2) is 10.4. The highest BCUT2D eigenvalue weighted by Crippen LogP contribution is 2.17. The number of Topliss-reactive ketones (excluding diaryl/α,β-unsaturated/α-hetero) is 1. The van der Waals surface area contributed by atoms with E-state index in [1.54, 1.807) is 30.5 Å². The lowest BCUT2D eigenvalue weighted by Crippen LogP contribution is -2.27. The number of alkyl halides is 3. The van der Waals surface area contributed by atoms with Crippen molar-refractivity contribution < 1.29 is 4.79 Å². The van der Waals surface area contributed by atoms with Gasteiger partial charge >= 0.3 is 0 Å². The first kappa shape index (κ1) is 19.8. The topological polar surface area (TPSA) is 32.7 Å². The number of benzene rings is 2. The fourth-order valence-electron chi connectivity index (χ4n) is 2.30. The lowest BCUT2D eigenvalue weighted by molar-refractivity contribution is 0.102. The molecule has 0 radical (unpaired) electrons. The third kappa shape index (κ3) is 6.03. The van der Waals surface area contributed by atoms with Crippen molar-refractivity contribution in [3.8, 4) is 0 Å². The maximum Gasteiger partial charge on any atom is 0.177 e. The Labute approximate surface area is 163 Å². The van der Waals surface area contributed by atoms with Crippen LogP contribution >= 0.6 is 34.8 Å². The number of nitrogens with zero attached hydrogens (tertiary/aromatic N) is 2. The second-order valence-corrected chi connectivity index (χ2v) is 6.34. The van der Waals surface area contributed by atoms with Gasteiger partial charge in [0, 0.05) is 42.3 Å². The minimum absolute atomic E-state index is 0.0145. The monoisotopic (exact) mass is 396 g/mol. The first-order chi connectivity index (χ1) is 12.2. The molecule has 0 spiro atoms. The van der Waals surface area contributed by atoms with E-state index in [1.165, 1.54) is 0 Å². The van der Waals surface area contributed by atoms with Crippen LogP contribution in [0.25, 0.3) is 0 Å². The van der Waals surface area contributed by atoms with Crippen molar-refractivity contribution in [3.63, 3.8) is 0 Å². The number of carbonyl (C=O) groups excluding carboxylic acids is 1. The molecule has 0 heterocycles. The smallest absolute Gasteiger partial charge is 0.177 e. The Bertz CT molecular complexity index is 694. The Morgan fingerprint density at radius 1 is 0.920 bits per heavy atom. The molecule has 0 N–H and O–H groups in total. The van der Waals surface area contributed by atoms with Gasteiger partial charge in [0.05, 0.1) is 11.6 Å². The van der Waals surface area contributed by atoms with E-state index in [2.05, 4.69) is 9.89 Å². The third-order valence-corrected chi connectivity index (χ3v) is 4.22. The van der Waals surface area contributed by atoms with Crippen molar-refractivity contribution in [2.45, 2.75) is 0 Å². The maximum absolute atomic E-state index is 11.5. The molecule has 6 heteroatoms. The fraction of sp³-hybridized carbons (Fsp3) is 0.263. The van der Waals surface area contributed by atoms with Gasteiger partial charge in [-0.05, 0) is 42.0 Å². The van der Waals surface area contributed by atoms with Crippen LogP contribution in [0.15, 0.2) is 53.5 Å². The minimum atomic E-state index is -0.0915. The zero-order valence-corrected chi connectivity index (χ0v) is 15.9. The summed E-state index contributed by atoms with van der Waals surface area (Å²) < 4.78 is 0. The van der Waals surface area contributed by atoms with Crippen LogP contribution in [0.3, 0.4) is 0 Å². The molecule has 132 valence electrons. The Hall–Kier alpha value is -1.55. The molecule has 0 bridgehead atoms. The van der Waals surface area contributed by atoms with Gasteiger partial charge in [0.15, 0.2) is 5.78 Å². The molecule has 0 unspecified atom stereocenters. The predicted octanol–water partition coefficient (Wildman–Crippen LogP) is 5.14. The van der Waals surface area contributed by atoms with Crippen LogP contribution < -0.4 is 4.90 Å². The van der Waals surface area contributed by atoms with Crippen LogP contribution in [-0.4, -0.2) is 42.7 Å². The quantitative estimate of drug-likeness (QED) is 0.333. The summed E-state index contributed by atoms with van der Waals surface area (Å²) >= 11 is 17.2. The molecule has 2 aromatic rings. The molecule has 25 heavy (non-hydrogen) atoms. The van der Waals surface area contributed by atoms with Crippen molar-refractivity contribution in [3.05, 3.63) is 59.7 Å². The first-order valence-corrected chi connectivity index (χ1v) is 9.48. The van der Waals surface area contributed by atoms with E-state index >= 15 is 0 Å². The zero-order chi connectivity index (χ0) is 18.1. The third-order valence-electron chi connectivity index (χ3n) is 3.64. The van der Waals surface area contributed by atoms with Gasteiger partial charge in [-0.15, -0.1) is 34.8 Å². The number of hydrogen-bond acceptors (Lipinski definition) is 3. The highest BCUT2D eigenvalue weighted by Gasteiger charge is 2.05. The number of halogens is 3. The summed E-state index contributed by atoms with van der Waals surface area (Å²) in [4.78, 5) is 18.1. The van der Waals surface area contributed by atoms with E-state index in [4.69, 9.17) is 34.8 Å². The van der Waals surface area contributed by atoms with Crippen LogP contribution in [-0.2, 0) is 0 Å². The van der Waals surface area contributed by atoms with Gasteiger partial charge in [-0.1, -0.05) is 12.1 Å². The van der Waals surface area contributed by atoms with Gasteiger partial charge in [-0.3, -0.25) is 9.79 Å². The normalized spacial score (nSPS) is 11.0. The van der Waals surface area contributed by atoms with E-state index < -0.39 is 0 Å². The van der Waals surface area contributed by atoms with Crippen molar-refractivity contribution in [2.75, 3.05) is 35.6 Å². The molecule has 0 aliphatic rings. The SMILES string of the molecule is O=C(CCl)c1ccc(N=Cc2ccc(N(CCCl)CCCl)cc2)cc1. The van der Waals surface area contributed by atoms with Gasteiger partial charge in [0.25, 0.3) is 0 Å². The molecule has 2 rings (SSSR count). The highest BCUT2D eigenvalue weighted by molar-refractivity contribution is 6.30. The number of ketones is 1. The van der Waals surface area contributed by atoms with Gasteiger partial charge in [0.1, 0.15) is 0 Å². The maximum atomic E-state index is 11.5. The summed E-state index contributed by atoms with van der Waals surface area (Å²) in [5.41, 5.74) is 3.45. The summed E-state index contributed by atoms with van der Waals surface area (Å²) in [5.74, 6) is 1.01. The molecule has 0 saturated carbocycles. The number of carbonyl (C=O) groups is 1. The second-order valence-electron chi connectivity index (χ2n) is 5.32. The lowest BCUT2D eigenvalue weighted by atomic mass is 10.1. The number of rotatable bonds is 9. The minimum Gasteiger partial charge on any atom is -0.369 e. The van der Waals surface area contributed by atoms with Crippen molar-refractivity contribution >= 4 is 58.2 Å². The summed E-state index contributed by atoms with van der Waals surface area (Å²) in [6.45, 7) is 1.52. The summed E-state index contributed by atoms with van der Waals surface area (Å²) in [6, 6.07) is 15.1. The molecule has 3 nitrogen and oxygen atoms in total. The Morgan fingerprint density at radius 2 is 1.52 bits per heavy atom. The number of aliphatic imine (C=N–C) groups is 1. The standard InChI is InChI=1S/C19H19Cl3N2O/c20-9-11-24(12-10-21)18-7-1-15(2-8-18)14-23-17-5-3-16(4-6-17)19(25)13-22/h1-8,14H,9-13H2. The van der Waals surface area contributed by atoms with E-state index in [-0.39, 0.29) is 11.7 Å². The van der Waals surface area contributed by atoms with Crippen LogP contribution in [0.2, 0.25) is 0 Å². The van der Waals surface area contributed by atoms with E-state index in [0.29, 0.717) is 17.3 Å². The Morgan fingerprint density at radius 3 is 2.04 bits per heavy atom. The lowest BCUT2D eigenvalue weighted by Gasteiger charge is -2.22. The first-order valence-electron chi connectivity index (χ1n) is 7.88. The highest BCUT2D eigenvalue weighted by atomic mass is 35.5. The molecule has 0 aliphatic heterocycles. The van der Waals surface area contributed by atoms with Crippen LogP contribution in [0.4, 0.5) is 11.4 Å². The van der Waals surface area contributed by atoms with Crippen molar-refractivity contribution in [2.24, 2.45) is 4.99 Å². The molecule has 0 aliphatic carbocycles. The van der Waals surface area contributed by atoms with Crippen molar-refractivity contribution in [1.29, 1.82) is 0 Å². The van der Waals surface area contributed by atoms with Crippen LogP contribution in [0.1, 0.15) is 15.9 Å². The van der Waals surface area contributed by atoms with Crippen molar-refractivity contribution in [1.82, 2.24) is 0 Å². The molecular weight excluding hydrogens is 379 g/mol. The summed E-state index contributed by atoms with van der Waals surface area (Å²) in [5, 5.41) is 0. The van der Waals surface area contributed by atoms with Crippen LogP contribution in [0.5, 0.6) is 0 Å². The molecule has 0 amide bonds. The molecule has 0 fully saturated rings. The largest absolute Gasteiger partial charge is 0.369 e. The van der Waals surface area contributed by atoms with Gasteiger partial charge in [0.2, 0.25) is 0 Å². The molecule has 0 aromatic heterocycles.